The van der Waals surface area contributed by atoms with Crippen LogP contribution < -0.4 is 5.32 Å². The number of halogens is 2. The van der Waals surface area contributed by atoms with E-state index < -0.39 is 0 Å². The van der Waals surface area contributed by atoms with Crippen LogP contribution >= 0.6 is 27.5 Å². The highest BCUT2D eigenvalue weighted by Crippen LogP contribution is 2.30. The van der Waals surface area contributed by atoms with Gasteiger partial charge in [0.05, 0.1) is 10.6 Å². The van der Waals surface area contributed by atoms with Crippen molar-refractivity contribution in [3.63, 3.8) is 0 Å². The molecule has 2 aromatic heterocycles. The third kappa shape index (κ3) is 3.18. The molecule has 1 amide bonds. The minimum atomic E-state index is -0.351. The highest BCUT2D eigenvalue weighted by Gasteiger charge is 2.14. The van der Waals surface area contributed by atoms with E-state index in [-0.39, 0.29) is 11.7 Å². The fraction of sp³-hybridized carbons (Fsp3) is 0. The largest absolute Gasteiger partial charge is 0.444 e. The molecule has 25 heavy (non-hydrogen) atoms. The highest BCUT2D eigenvalue weighted by molar-refractivity contribution is 9.10. The summed E-state index contributed by atoms with van der Waals surface area (Å²) in [6.45, 7) is 0. The number of anilines is 1. The van der Waals surface area contributed by atoms with Crippen LogP contribution in [-0.4, -0.2) is 10.9 Å². The maximum absolute atomic E-state index is 12.1. The van der Waals surface area contributed by atoms with Gasteiger partial charge in [-0.15, -0.1) is 0 Å². The van der Waals surface area contributed by atoms with Gasteiger partial charge in [-0.2, -0.15) is 0 Å². The molecule has 0 saturated heterocycles. The van der Waals surface area contributed by atoms with Crippen LogP contribution in [-0.2, 0) is 0 Å². The number of amides is 1. The van der Waals surface area contributed by atoms with Gasteiger partial charge in [0.25, 0.3) is 5.91 Å². The molecule has 5 nitrogen and oxygen atoms in total. The number of benzene rings is 2. The molecule has 4 aromatic rings. The summed E-state index contributed by atoms with van der Waals surface area (Å²) in [7, 11) is 0. The lowest BCUT2D eigenvalue weighted by molar-refractivity contribution is 0.0995. The van der Waals surface area contributed by atoms with E-state index in [2.05, 4.69) is 26.2 Å². The molecule has 2 heterocycles. The van der Waals surface area contributed by atoms with Crippen molar-refractivity contribution in [1.82, 2.24) is 4.98 Å². The van der Waals surface area contributed by atoms with Crippen molar-refractivity contribution in [2.24, 2.45) is 0 Å². The summed E-state index contributed by atoms with van der Waals surface area (Å²) < 4.78 is 11.5. The van der Waals surface area contributed by atoms with Crippen LogP contribution in [0, 0.1) is 0 Å². The Labute approximate surface area is 155 Å². The minimum Gasteiger partial charge on any atom is -0.444 e. The summed E-state index contributed by atoms with van der Waals surface area (Å²) in [5, 5.41) is 3.32. The molecule has 2 aromatic carbocycles. The molecule has 1 N–H and O–H groups in total. The van der Waals surface area contributed by atoms with E-state index in [1.807, 2.05) is 18.2 Å². The number of furan rings is 1. The smallest absolute Gasteiger partial charge is 0.291 e. The molecular weight excluding hydrogens is 408 g/mol. The van der Waals surface area contributed by atoms with Gasteiger partial charge in [0.1, 0.15) is 5.52 Å². The summed E-state index contributed by atoms with van der Waals surface area (Å²) in [4.78, 5) is 16.6. The van der Waals surface area contributed by atoms with Crippen molar-refractivity contribution < 1.29 is 13.6 Å². The lowest BCUT2D eigenvalue weighted by atomic mass is 10.2. The zero-order valence-electron chi connectivity index (χ0n) is 12.6. The quantitative estimate of drug-likeness (QED) is 0.460. The molecule has 0 aliphatic carbocycles. The normalized spacial score (nSPS) is 11.0. The number of carbonyl (C=O) groups excluding carboxylic acids is 1. The molecule has 0 aliphatic rings. The Hall–Kier alpha value is -2.57. The van der Waals surface area contributed by atoms with Crippen molar-refractivity contribution in [3.05, 3.63) is 70.0 Å². The van der Waals surface area contributed by atoms with Crippen LogP contribution in [0.3, 0.4) is 0 Å². The molecule has 0 fully saturated rings. The number of aromatic nitrogens is 1. The number of nitrogens with one attached hydrogen (secondary N) is 1. The van der Waals surface area contributed by atoms with Crippen molar-refractivity contribution in [3.8, 4) is 11.5 Å². The van der Waals surface area contributed by atoms with Gasteiger partial charge < -0.3 is 14.2 Å². The van der Waals surface area contributed by atoms with Gasteiger partial charge in [-0.25, -0.2) is 4.98 Å². The number of fused-ring (bicyclic) bond motifs is 1. The van der Waals surface area contributed by atoms with Gasteiger partial charge in [-0.05, 0) is 52.3 Å². The second-order valence-corrected chi connectivity index (χ2v) is 6.43. The number of rotatable bonds is 3. The van der Waals surface area contributed by atoms with Gasteiger partial charge >= 0.3 is 0 Å². The van der Waals surface area contributed by atoms with Crippen LogP contribution in [0.25, 0.3) is 22.6 Å². The van der Waals surface area contributed by atoms with Crippen LogP contribution in [0.5, 0.6) is 0 Å². The van der Waals surface area contributed by atoms with Gasteiger partial charge in [0.2, 0.25) is 5.89 Å². The van der Waals surface area contributed by atoms with Crippen LogP contribution in [0.2, 0.25) is 5.02 Å². The summed E-state index contributed by atoms with van der Waals surface area (Å²) in [6.07, 6.45) is 0. The monoisotopic (exact) mass is 416 g/mol. The molecule has 4 rings (SSSR count). The van der Waals surface area contributed by atoms with E-state index in [1.54, 1.807) is 36.4 Å². The number of oxazole rings is 1. The lowest BCUT2D eigenvalue weighted by Gasteiger charge is -2.02. The fourth-order valence-electron chi connectivity index (χ4n) is 2.38. The van der Waals surface area contributed by atoms with Gasteiger partial charge in [0, 0.05) is 11.8 Å². The van der Waals surface area contributed by atoms with Gasteiger partial charge in [-0.3, -0.25) is 4.79 Å². The predicted octanol–water partition coefficient (Wildman–Crippen LogP) is 5.76. The molecule has 0 atom stereocenters. The molecule has 0 radical (unpaired) electrons. The van der Waals surface area contributed by atoms with Crippen molar-refractivity contribution >= 4 is 50.2 Å². The van der Waals surface area contributed by atoms with Crippen molar-refractivity contribution in [2.45, 2.75) is 0 Å². The van der Waals surface area contributed by atoms with Crippen molar-refractivity contribution in [2.75, 3.05) is 5.32 Å². The average molecular weight is 418 g/mol. The number of nitrogens with zero attached hydrogens (tertiary/aromatic N) is 1. The van der Waals surface area contributed by atoms with E-state index in [4.69, 9.17) is 20.4 Å². The third-order valence-corrected chi connectivity index (χ3v) is 4.30. The van der Waals surface area contributed by atoms with Crippen LogP contribution in [0.4, 0.5) is 5.69 Å². The molecule has 124 valence electrons. The highest BCUT2D eigenvalue weighted by atomic mass is 79.9. The second-order valence-electron chi connectivity index (χ2n) is 5.24. The van der Waals surface area contributed by atoms with E-state index in [1.165, 1.54) is 0 Å². The first-order valence-corrected chi connectivity index (χ1v) is 8.49. The first-order chi connectivity index (χ1) is 12.1. The Kier molecular flexibility index (Phi) is 4.07. The first kappa shape index (κ1) is 15.9. The Balaban J connectivity index is 1.64. The lowest BCUT2D eigenvalue weighted by Crippen LogP contribution is -2.10. The second kappa shape index (κ2) is 6.38. The molecular formula is C18H10BrClN2O3. The van der Waals surface area contributed by atoms with E-state index in [0.29, 0.717) is 37.9 Å². The topological polar surface area (TPSA) is 68.3 Å². The SMILES string of the molecule is O=C(Nc1ccc2nc(-c3ccccc3Cl)oc2c1)c1ccc(Br)o1. The fourth-order valence-corrected chi connectivity index (χ4v) is 2.90. The van der Waals surface area contributed by atoms with E-state index in [0.717, 1.165) is 0 Å². The molecule has 0 unspecified atom stereocenters. The number of carbonyl (C=O) groups is 1. The summed E-state index contributed by atoms with van der Waals surface area (Å²) in [6, 6.07) is 15.8. The maximum atomic E-state index is 12.1. The van der Waals surface area contributed by atoms with Gasteiger partial charge in [0.15, 0.2) is 16.0 Å². The molecule has 0 aliphatic heterocycles. The zero-order chi connectivity index (χ0) is 17.4. The van der Waals surface area contributed by atoms with Crippen LogP contribution in [0.15, 0.2) is 68.1 Å². The Morgan fingerprint density at radius 2 is 1.92 bits per heavy atom. The molecule has 7 heteroatoms. The summed E-state index contributed by atoms with van der Waals surface area (Å²) in [5.41, 5.74) is 2.51. The first-order valence-electron chi connectivity index (χ1n) is 7.32. The third-order valence-electron chi connectivity index (χ3n) is 3.55. The van der Waals surface area contributed by atoms with E-state index >= 15 is 0 Å². The zero-order valence-corrected chi connectivity index (χ0v) is 15.0. The summed E-state index contributed by atoms with van der Waals surface area (Å²) >= 11 is 9.35. The minimum absolute atomic E-state index is 0.210. The Bertz CT molecular complexity index is 1090. The number of hydrogen-bond donors (Lipinski definition) is 1. The predicted molar refractivity (Wildman–Crippen MR) is 98.8 cm³/mol. The standard InChI is InChI=1S/C18H10BrClN2O3/c19-16-8-7-14(24-16)17(23)21-10-5-6-13-15(9-10)25-18(22-13)11-3-1-2-4-12(11)20/h1-9H,(H,21,23). The van der Waals surface area contributed by atoms with Crippen molar-refractivity contribution in [1.29, 1.82) is 0 Å². The van der Waals surface area contributed by atoms with Crippen LogP contribution in [0.1, 0.15) is 10.6 Å². The summed E-state index contributed by atoms with van der Waals surface area (Å²) in [5.74, 6) is 0.288. The maximum Gasteiger partial charge on any atom is 0.291 e. The molecule has 0 spiro atoms. The Morgan fingerprint density at radius 1 is 1.08 bits per heavy atom. The van der Waals surface area contributed by atoms with E-state index in [9.17, 15) is 4.79 Å². The number of hydrogen-bond acceptors (Lipinski definition) is 4. The van der Waals surface area contributed by atoms with Gasteiger partial charge in [-0.1, -0.05) is 23.7 Å². The average Bonchev–Trinajstić information content (AvgIpc) is 3.21. The Morgan fingerprint density at radius 3 is 2.68 bits per heavy atom. The molecule has 0 saturated carbocycles. The molecule has 0 bridgehead atoms.